The van der Waals surface area contributed by atoms with Crippen molar-refractivity contribution < 1.29 is 32.6 Å². The molecule has 3 rings (SSSR count). The Morgan fingerprint density at radius 3 is 2.40 bits per heavy atom. The summed E-state index contributed by atoms with van der Waals surface area (Å²) >= 11 is 0. The molecule has 1 aromatic carbocycles. The summed E-state index contributed by atoms with van der Waals surface area (Å²) in [4.78, 5) is 26.0. The molecular weight excluding hydrogens is 401 g/mol. The number of halogens is 3. The summed E-state index contributed by atoms with van der Waals surface area (Å²) < 4.78 is 36.9. The monoisotopic (exact) mass is 430 g/mol. The van der Waals surface area contributed by atoms with Crippen LogP contribution in [0.5, 0.6) is 0 Å². The Labute approximate surface area is 174 Å². The Kier molecular flexibility index (Phi) is 8.25. The lowest BCUT2D eigenvalue weighted by Crippen LogP contribution is -2.53. The summed E-state index contributed by atoms with van der Waals surface area (Å²) in [6.07, 6.45) is -1.16. The number of carbonyl (C=O) groups is 2. The zero-order valence-electron chi connectivity index (χ0n) is 17.4. The number of aryl methyl sites for hydroxylation is 1. The summed E-state index contributed by atoms with van der Waals surface area (Å²) in [5.41, 5.74) is 2.60. The molecular formula is C21H29F3N2O4. The number of amides is 1. The minimum absolute atomic E-state index is 0.0877. The van der Waals surface area contributed by atoms with E-state index in [0.717, 1.165) is 52.0 Å². The van der Waals surface area contributed by atoms with Gasteiger partial charge in [0.1, 0.15) is 0 Å². The minimum Gasteiger partial charge on any atom is -0.475 e. The lowest BCUT2D eigenvalue weighted by molar-refractivity contribution is -0.192. The predicted molar refractivity (Wildman–Crippen MR) is 105 cm³/mol. The maximum Gasteiger partial charge on any atom is 0.490 e. The summed E-state index contributed by atoms with van der Waals surface area (Å²) in [6, 6.07) is 8.54. The van der Waals surface area contributed by atoms with Gasteiger partial charge >= 0.3 is 12.1 Å². The number of ether oxygens (including phenoxy) is 1. The van der Waals surface area contributed by atoms with Gasteiger partial charge in [-0.15, -0.1) is 0 Å². The Hall–Kier alpha value is -2.13. The number of carbonyl (C=O) groups excluding carboxylic acids is 1. The van der Waals surface area contributed by atoms with Crippen LogP contribution in [0.1, 0.15) is 36.8 Å². The summed E-state index contributed by atoms with van der Waals surface area (Å²) in [5, 5.41) is 7.12. The molecule has 6 nitrogen and oxygen atoms in total. The van der Waals surface area contributed by atoms with Crippen molar-refractivity contribution in [3.63, 3.8) is 0 Å². The number of nitrogens with zero attached hydrogens (tertiary/aromatic N) is 2. The number of methoxy groups -OCH3 is 1. The number of hydrogen-bond donors (Lipinski definition) is 1. The van der Waals surface area contributed by atoms with Crippen LogP contribution < -0.4 is 0 Å². The highest BCUT2D eigenvalue weighted by molar-refractivity contribution is 5.79. The van der Waals surface area contributed by atoms with Crippen LogP contribution in [-0.4, -0.2) is 71.8 Å². The van der Waals surface area contributed by atoms with Crippen LogP contribution in [0.2, 0.25) is 0 Å². The Morgan fingerprint density at radius 1 is 1.23 bits per heavy atom. The fourth-order valence-electron chi connectivity index (χ4n) is 4.06. The lowest BCUT2D eigenvalue weighted by atomic mass is 9.84. The molecule has 0 unspecified atom stereocenters. The van der Waals surface area contributed by atoms with Crippen molar-refractivity contribution in [2.45, 2.75) is 50.9 Å². The van der Waals surface area contributed by atoms with E-state index in [4.69, 9.17) is 14.6 Å². The van der Waals surface area contributed by atoms with Gasteiger partial charge in [0, 0.05) is 45.2 Å². The smallest absolute Gasteiger partial charge is 0.475 e. The van der Waals surface area contributed by atoms with E-state index in [1.54, 1.807) is 7.11 Å². The number of carboxylic acid groups (broad SMARTS) is 1. The summed E-state index contributed by atoms with van der Waals surface area (Å²) in [6.45, 7) is 6.80. The van der Waals surface area contributed by atoms with E-state index in [2.05, 4.69) is 41.0 Å². The number of likely N-dealkylation sites (tertiary alicyclic amines) is 2. The maximum absolute atomic E-state index is 12.5. The Balaban J connectivity index is 0.000000396. The quantitative estimate of drug-likeness (QED) is 0.777. The van der Waals surface area contributed by atoms with Gasteiger partial charge in [-0.25, -0.2) is 4.79 Å². The first-order valence-corrected chi connectivity index (χ1v) is 9.95. The standard InChI is InChI=1S/C19H28N2O2.C2HF3O2/c1-16-4-3-5-17(14-16)15-21-18(22)6-7-19(21)8-10-20(11-9-19)12-13-23-2;3-2(4,5)1(6)7/h3-5,14H,6-13,15H2,1-2H3;(H,6,7). The molecule has 9 heteroatoms. The molecule has 168 valence electrons. The van der Waals surface area contributed by atoms with Crippen molar-refractivity contribution in [2.75, 3.05) is 33.4 Å². The van der Waals surface area contributed by atoms with Crippen LogP contribution in [0.25, 0.3) is 0 Å². The second-order valence-corrected chi connectivity index (χ2v) is 7.83. The molecule has 0 saturated carbocycles. The minimum atomic E-state index is -5.08. The second-order valence-electron chi connectivity index (χ2n) is 7.83. The zero-order valence-corrected chi connectivity index (χ0v) is 17.4. The third kappa shape index (κ3) is 6.43. The fourth-order valence-corrected chi connectivity index (χ4v) is 4.06. The van der Waals surface area contributed by atoms with Crippen molar-refractivity contribution in [3.8, 4) is 0 Å². The van der Waals surface area contributed by atoms with Crippen LogP contribution in [0.15, 0.2) is 24.3 Å². The molecule has 0 aromatic heterocycles. The van der Waals surface area contributed by atoms with Crippen LogP contribution in [-0.2, 0) is 20.9 Å². The van der Waals surface area contributed by atoms with Crippen LogP contribution in [0.3, 0.4) is 0 Å². The molecule has 2 aliphatic heterocycles. The predicted octanol–water partition coefficient (Wildman–Crippen LogP) is 3.23. The number of carboxylic acids is 1. The molecule has 2 aliphatic rings. The van der Waals surface area contributed by atoms with E-state index in [1.807, 2.05) is 0 Å². The topological polar surface area (TPSA) is 70.1 Å². The normalized spacial score (nSPS) is 19.0. The van der Waals surface area contributed by atoms with Crippen molar-refractivity contribution in [3.05, 3.63) is 35.4 Å². The molecule has 0 radical (unpaired) electrons. The van der Waals surface area contributed by atoms with E-state index in [0.29, 0.717) is 12.3 Å². The first-order valence-electron chi connectivity index (χ1n) is 9.95. The van der Waals surface area contributed by atoms with Gasteiger partial charge in [0.05, 0.1) is 6.61 Å². The largest absolute Gasteiger partial charge is 0.490 e. The van der Waals surface area contributed by atoms with E-state index in [9.17, 15) is 18.0 Å². The van der Waals surface area contributed by atoms with E-state index in [1.165, 1.54) is 11.1 Å². The first kappa shape index (κ1) is 24.1. The highest BCUT2D eigenvalue weighted by atomic mass is 19.4. The zero-order chi connectivity index (χ0) is 22.4. The van der Waals surface area contributed by atoms with Gasteiger partial charge in [0.15, 0.2) is 0 Å². The van der Waals surface area contributed by atoms with E-state index < -0.39 is 12.1 Å². The van der Waals surface area contributed by atoms with Crippen molar-refractivity contribution in [1.82, 2.24) is 9.80 Å². The third-order valence-corrected chi connectivity index (χ3v) is 5.74. The molecule has 1 N–H and O–H groups in total. The molecule has 2 saturated heterocycles. The SMILES string of the molecule is COCCN1CCC2(CCC(=O)N2Cc2cccc(C)c2)CC1.O=C(O)C(F)(F)F. The van der Waals surface area contributed by atoms with Gasteiger partial charge in [0.25, 0.3) is 0 Å². The van der Waals surface area contributed by atoms with E-state index in [-0.39, 0.29) is 5.54 Å². The highest BCUT2D eigenvalue weighted by Gasteiger charge is 2.46. The van der Waals surface area contributed by atoms with Gasteiger partial charge in [0.2, 0.25) is 5.91 Å². The first-order chi connectivity index (χ1) is 14.1. The molecule has 0 aliphatic carbocycles. The third-order valence-electron chi connectivity index (χ3n) is 5.74. The number of benzene rings is 1. The number of piperidine rings is 1. The molecule has 1 aromatic rings. The average molecular weight is 430 g/mol. The molecule has 1 amide bonds. The molecule has 0 bridgehead atoms. The fraction of sp³-hybridized carbons (Fsp3) is 0.619. The van der Waals surface area contributed by atoms with E-state index >= 15 is 0 Å². The van der Waals surface area contributed by atoms with Gasteiger partial charge in [-0.3, -0.25) is 4.79 Å². The van der Waals surface area contributed by atoms with Crippen molar-refractivity contribution >= 4 is 11.9 Å². The lowest BCUT2D eigenvalue weighted by Gasteiger charge is -2.45. The van der Waals surface area contributed by atoms with Crippen molar-refractivity contribution in [2.24, 2.45) is 0 Å². The molecule has 0 atom stereocenters. The van der Waals surface area contributed by atoms with Gasteiger partial charge in [-0.2, -0.15) is 13.2 Å². The van der Waals surface area contributed by atoms with Gasteiger partial charge < -0.3 is 19.6 Å². The molecule has 2 fully saturated rings. The maximum atomic E-state index is 12.5. The summed E-state index contributed by atoms with van der Waals surface area (Å²) in [5.74, 6) is -2.43. The second kappa shape index (κ2) is 10.3. The molecule has 1 spiro atoms. The molecule has 30 heavy (non-hydrogen) atoms. The molecule has 2 heterocycles. The number of aliphatic carboxylic acids is 1. The van der Waals surface area contributed by atoms with Gasteiger partial charge in [-0.05, 0) is 31.7 Å². The van der Waals surface area contributed by atoms with Crippen molar-refractivity contribution in [1.29, 1.82) is 0 Å². The highest BCUT2D eigenvalue weighted by Crippen LogP contribution is 2.40. The Bertz CT molecular complexity index is 731. The number of alkyl halides is 3. The number of hydrogen-bond acceptors (Lipinski definition) is 4. The summed E-state index contributed by atoms with van der Waals surface area (Å²) in [7, 11) is 1.75. The van der Waals surface area contributed by atoms with Gasteiger partial charge in [-0.1, -0.05) is 29.8 Å². The van der Waals surface area contributed by atoms with Crippen LogP contribution in [0.4, 0.5) is 13.2 Å². The average Bonchev–Trinajstić information content (AvgIpc) is 2.97. The Morgan fingerprint density at radius 2 is 1.87 bits per heavy atom. The number of rotatable bonds is 5. The van der Waals surface area contributed by atoms with Crippen LogP contribution >= 0.6 is 0 Å². The van der Waals surface area contributed by atoms with Crippen LogP contribution in [0, 0.1) is 6.92 Å².